The van der Waals surface area contributed by atoms with Crippen molar-refractivity contribution in [2.24, 2.45) is 0 Å². The van der Waals surface area contributed by atoms with Crippen LogP contribution in [0.4, 0.5) is 5.95 Å². The number of rotatable bonds is 3. The molecule has 2 aromatic rings. The maximum absolute atomic E-state index is 6.19. The Bertz CT molecular complexity index is 537. The van der Waals surface area contributed by atoms with Gasteiger partial charge in [-0.1, -0.05) is 11.6 Å². The first kappa shape index (κ1) is 11.8. The third kappa shape index (κ3) is 2.22. The maximum atomic E-state index is 6.19. The molecule has 90 valence electrons. The van der Waals surface area contributed by atoms with Crippen molar-refractivity contribution in [2.75, 3.05) is 19.5 Å². The molecule has 1 aromatic heterocycles. The van der Waals surface area contributed by atoms with Crippen LogP contribution in [-0.2, 0) is 0 Å². The minimum absolute atomic E-state index is 0.653. The minimum atomic E-state index is 0.653. The van der Waals surface area contributed by atoms with Gasteiger partial charge in [0.1, 0.15) is 5.75 Å². The van der Waals surface area contributed by atoms with Gasteiger partial charge in [0.25, 0.3) is 0 Å². The van der Waals surface area contributed by atoms with E-state index in [2.05, 4.69) is 10.3 Å². The topological polar surface area (TPSA) is 39.1 Å². The third-order valence-electron chi connectivity index (χ3n) is 2.46. The zero-order chi connectivity index (χ0) is 12.4. The number of aromatic nitrogens is 2. The van der Waals surface area contributed by atoms with Gasteiger partial charge < -0.3 is 10.1 Å². The number of ether oxygens (including phenoxy) is 1. The molecule has 1 N–H and O–H groups in total. The summed E-state index contributed by atoms with van der Waals surface area (Å²) in [6.45, 7) is 1.94. The van der Waals surface area contributed by atoms with Crippen LogP contribution in [-0.4, -0.2) is 23.7 Å². The number of anilines is 1. The average Bonchev–Trinajstić information content (AvgIpc) is 2.71. The second-order valence-corrected chi connectivity index (χ2v) is 4.05. The van der Waals surface area contributed by atoms with Gasteiger partial charge in [-0.2, -0.15) is 0 Å². The molecule has 0 saturated heterocycles. The van der Waals surface area contributed by atoms with Crippen LogP contribution >= 0.6 is 11.6 Å². The van der Waals surface area contributed by atoms with E-state index in [4.69, 9.17) is 16.3 Å². The van der Waals surface area contributed by atoms with Crippen molar-refractivity contribution in [1.29, 1.82) is 0 Å². The van der Waals surface area contributed by atoms with Crippen LogP contribution in [0.15, 0.2) is 24.4 Å². The van der Waals surface area contributed by atoms with Gasteiger partial charge in [-0.05, 0) is 19.1 Å². The number of nitrogens with zero attached hydrogens (tertiary/aromatic N) is 2. The fraction of sp³-hybridized carbons (Fsp3) is 0.250. The molecule has 1 heterocycles. The van der Waals surface area contributed by atoms with E-state index < -0.39 is 0 Å². The highest BCUT2D eigenvalue weighted by Crippen LogP contribution is 2.28. The lowest BCUT2D eigenvalue weighted by atomic mass is 10.3. The molecule has 17 heavy (non-hydrogen) atoms. The molecule has 4 nitrogen and oxygen atoms in total. The highest BCUT2D eigenvalue weighted by molar-refractivity contribution is 6.32. The fourth-order valence-corrected chi connectivity index (χ4v) is 1.87. The molecular formula is C12H14ClN3O. The Balaban J connectivity index is 2.58. The molecule has 0 unspecified atom stereocenters. The molecule has 0 aliphatic carbocycles. The van der Waals surface area contributed by atoms with Crippen molar-refractivity contribution in [3.63, 3.8) is 0 Å². The predicted octanol–water partition coefficient (Wildman–Crippen LogP) is 2.88. The van der Waals surface area contributed by atoms with Crippen molar-refractivity contribution < 1.29 is 4.74 Å². The van der Waals surface area contributed by atoms with Gasteiger partial charge in [0.2, 0.25) is 5.95 Å². The van der Waals surface area contributed by atoms with Crippen LogP contribution in [0.1, 0.15) is 5.69 Å². The average molecular weight is 252 g/mol. The maximum Gasteiger partial charge on any atom is 0.207 e. The summed E-state index contributed by atoms with van der Waals surface area (Å²) < 4.78 is 7.10. The van der Waals surface area contributed by atoms with Crippen molar-refractivity contribution in [3.8, 4) is 11.4 Å². The lowest BCUT2D eigenvalue weighted by molar-refractivity contribution is 0.414. The zero-order valence-electron chi connectivity index (χ0n) is 9.99. The highest BCUT2D eigenvalue weighted by atomic mass is 35.5. The van der Waals surface area contributed by atoms with Crippen LogP contribution in [0, 0.1) is 6.92 Å². The first-order valence-electron chi connectivity index (χ1n) is 5.23. The molecule has 2 rings (SSSR count). The van der Waals surface area contributed by atoms with Gasteiger partial charge >= 0.3 is 0 Å². The molecule has 0 bridgehead atoms. The van der Waals surface area contributed by atoms with Gasteiger partial charge in [-0.3, -0.25) is 4.57 Å². The van der Waals surface area contributed by atoms with E-state index in [-0.39, 0.29) is 0 Å². The Kier molecular flexibility index (Phi) is 3.24. The molecule has 0 radical (unpaired) electrons. The van der Waals surface area contributed by atoms with Crippen LogP contribution in [0.5, 0.6) is 5.75 Å². The molecule has 0 aliphatic heterocycles. The van der Waals surface area contributed by atoms with Crippen LogP contribution in [0.2, 0.25) is 5.02 Å². The van der Waals surface area contributed by atoms with Crippen LogP contribution < -0.4 is 10.1 Å². The number of halogens is 1. The molecule has 0 aliphatic rings. The standard InChI is InChI=1S/C12H14ClN3O/c1-8-7-16(12(14-2)15-8)11-6-9(17-3)4-5-10(11)13/h4-7H,1-3H3,(H,14,15). The van der Waals surface area contributed by atoms with Crippen molar-refractivity contribution in [3.05, 3.63) is 35.1 Å². The van der Waals surface area contributed by atoms with E-state index in [1.54, 1.807) is 7.11 Å². The predicted molar refractivity (Wildman–Crippen MR) is 69.4 cm³/mol. The van der Waals surface area contributed by atoms with Gasteiger partial charge in [-0.15, -0.1) is 0 Å². The summed E-state index contributed by atoms with van der Waals surface area (Å²) >= 11 is 6.19. The molecular weight excluding hydrogens is 238 g/mol. The molecule has 0 spiro atoms. The van der Waals surface area contributed by atoms with Crippen molar-refractivity contribution in [2.45, 2.75) is 6.92 Å². The van der Waals surface area contributed by atoms with E-state index in [0.29, 0.717) is 5.02 Å². The summed E-state index contributed by atoms with van der Waals surface area (Å²) in [5.41, 5.74) is 1.77. The Hall–Kier alpha value is -1.68. The second kappa shape index (κ2) is 4.67. The Morgan fingerprint density at radius 2 is 2.18 bits per heavy atom. The number of imidazole rings is 1. The Labute approximate surface area is 105 Å². The van der Waals surface area contributed by atoms with Gasteiger partial charge in [0.15, 0.2) is 0 Å². The highest BCUT2D eigenvalue weighted by Gasteiger charge is 2.10. The number of aryl methyl sites for hydroxylation is 1. The smallest absolute Gasteiger partial charge is 0.207 e. The lowest BCUT2D eigenvalue weighted by Crippen LogP contribution is -2.01. The SMILES string of the molecule is CNc1nc(C)cn1-c1cc(OC)ccc1Cl. The van der Waals surface area contributed by atoms with E-state index in [0.717, 1.165) is 23.1 Å². The molecule has 0 saturated carbocycles. The summed E-state index contributed by atoms with van der Waals surface area (Å²) in [5, 5.41) is 3.68. The summed E-state index contributed by atoms with van der Waals surface area (Å²) in [6, 6.07) is 5.52. The Morgan fingerprint density at radius 3 is 2.82 bits per heavy atom. The minimum Gasteiger partial charge on any atom is -0.497 e. The molecule has 1 aromatic carbocycles. The molecule has 0 fully saturated rings. The number of hydrogen-bond acceptors (Lipinski definition) is 3. The Morgan fingerprint density at radius 1 is 1.41 bits per heavy atom. The number of methoxy groups -OCH3 is 1. The van der Waals surface area contributed by atoms with Crippen molar-refractivity contribution in [1.82, 2.24) is 9.55 Å². The molecule has 0 amide bonds. The summed E-state index contributed by atoms with van der Waals surface area (Å²) in [5.74, 6) is 1.51. The van der Waals surface area contributed by atoms with Gasteiger partial charge in [0.05, 0.1) is 23.5 Å². The first-order valence-corrected chi connectivity index (χ1v) is 5.61. The second-order valence-electron chi connectivity index (χ2n) is 3.64. The van der Waals surface area contributed by atoms with Crippen LogP contribution in [0.25, 0.3) is 5.69 Å². The first-order chi connectivity index (χ1) is 8.15. The van der Waals surface area contributed by atoms with Gasteiger partial charge in [0, 0.05) is 19.3 Å². The van der Waals surface area contributed by atoms with E-state index in [9.17, 15) is 0 Å². The number of hydrogen-bond donors (Lipinski definition) is 1. The fourth-order valence-electron chi connectivity index (χ4n) is 1.66. The summed E-state index contributed by atoms with van der Waals surface area (Å²) in [6.07, 6.45) is 1.92. The largest absolute Gasteiger partial charge is 0.497 e. The van der Waals surface area contributed by atoms with Crippen LogP contribution in [0.3, 0.4) is 0 Å². The lowest BCUT2D eigenvalue weighted by Gasteiger charge is -2.10. The normalized spacial score (nSPS) is 10.4. The summed E-state index contributed by atoms with van der Waals surface area (Å²) in [7, 11) is 3.46. The quantitative estimate of drug-likeness (QED) is 0.912. The number of benzene rings is 1. The zero-order valence-corrected chi connectivity index (χ0v) is 10.7. The summed E-state index contributed by atoms with van der Waals surface area (Å²) in [4.78, 5) is 4.35. The number of nitrogens with one attached hydrogen (secondary N) is 1. The van der Waals surface area contributed by atoms with Gasteiger partial charge in [-0.25, -0.2) is 4.98 Å². The third-order valence-corrected chi connectivity index (χ3v) is 2.78. The van der Waals surface area contributed by atoms with E-state index >= 15 is 0 Å². The van der Waals surface area contributed by atoms with Crippen molar-refractivity contribution >= 4 is 17.5 Å². The van der Waals surface area contributed by atoms with E-state index in [1.807, 2.05) is 42.9 Å². The molecule has 5 heteroatoms. The monoisotopic (exact) mass is 251 g/mol. The molecule has 0 atom stereocenters. The van der Waals surface area contributed by atoms with E-state index in [1.165, 1.54) is 0 Å².